The predicted molar refractivity (Wildman–Crippen MR) is 106 cm³/mol. The lowest BCUT2D eigenvalue weighted by atomic mass is 9.81. The third kappa shape index (κ3) is 2.70. The van der Waals surface area contributed by atoms with Gasteiger partial charge in [-0.2, -0.15) is 0 Å². The molecule has 0 aromatic heterocycles. The number of esters is 1. The lowest BCUT2D eigenvalue weighted by Crippen LogP contribution is -2.32. The van der Waals surface area contributed by atoms with E-state index in [2.05, 4.69) is 15.9 Å². The molecule has 1 aliphatic heterocycles. The third-order valence-electron chi connectivity index (χ3n) is 6.29. The summed E-state index contributed by atoms with van der Waals surface area (Å²) in [4.78, 5) is 39.6. The molecule has 1 saturated heterocycles. The first-order valence-corrected chi connectivity index (χ1v) is 10.3. The number of imide groups is 1. The van der Waals surface area contributed by atoms with E-state index >= 15 is 0 Å². The minimum Gasteiger partial charge on any atom is -0.423 e. The summed E-state index contributed by atoms with van der Waals surface area (Å²) in [6.45, 7) is 0. The summed E-state index contributed by atoms with van der Waals surface area (Å²) < 4.78 is 6.33. The van der Waals surface area contributed by atoms with Gasteiger partial charge in [-0.15, -0.1) is 0 Å². The maximum atomic E-state index is 13.0. The van der Waals surface area contributed by atoms with Crippen LogP contribution in [0.15, 0.2) is 53.0 Å². The van der Waals surface area contributed by atoms with E-state index in [1.807, 2.05) is 0 Å². The number of halogens is 1. The summed E-state index contributed by atoms with van der Waals surface area (Å²) in [5.41, 5.74) is 0.901. The predicted octanol–water partition coefficient (Wildman–Crippen LogP) is 4.20. The summed E-state index contributed by atoms with van der Waals surface area (Å²) in [5.74, 6) is -0.0213. The molecule has 0 radical (unpaired) electrons. The molecule has 142 valence electrons. The number of carbonyl (C=O) groups is 3. The van der Waals surface area contributed by atoms with Gasteiger partial charge < -0.3 is 4.74 Å². The van der Waals surface area contributed by atoms with Gasteiger partial charge in [-0.1, -0.05) is 22.0 Å². The Hall–Kier alpha value is -2.47. The van der Waals surface area contributed by atoms with Gasteiger partial charge in [0.15, 0.2) is 0 Å². The first-order valence-electron chi connectivity index (χ1n) is 9.48. The smallest absolute Gasteiger partial charge is 0.343 e. The Balaban J connectivity index is 1.39. The largest absolute Gasteiger partial charge is 0.423 e. The van der Waals surface area contributed by atoms with E-state index in [1.165, 1.54) is 4.90 Å². The molecule has 2 saturated carbocycles. The molecule has 3 aliphatic rings. The number of carbonyl (C=O) groups excluding carboxylic acids is 3. The fraction of sp³-hybridized carbons (Fsp3) is 0.318. The van der Waals surface area contributed by atoms with Crippen molar-refractivity contribution in [3.63, 3.8) is 0 Å². The number of amides is 2. The number of fused-ring (bicyclic) bond motifs is 5. The fourth-order valence-corrected chi connectivity index (χ4v) is 5.37. The van der Waals surface area contributed by atoms with Crippen molar-refractivity contribution >= 4 is 39.4 Å². The van der Waals surface area contributed by atoms with Gasteiger partial charge in [0, 0.05) is 10.5 Å². The Morgan fingerprint density at radius 1 is 0.964 bits per heavy atom. The van der Waals surface area contributed by atoms with E-state index in [4.69, 9.17) is 4.74 Å². The van der Waals surface area contributed by atoms with Crippen LogP contribution in [-0.2, 0) is 9.59 Å². The van der Waals surface area contributed by atoms with Gasteiger partial charge in [-0.3, -0.25) is 9.59 Å². The minimum atomic E-state index is -0.487. The molecule has 2 amide bonds. The lowest BCUT2D eigenvalue weighted by molar-refractivity contribution is -0.123. The van der Waals surface area contributed by atoms with Crippen molar-refractivity contribution in [1.82, 2.24) is 0 Å². The van der Waals surface area contributed by atoms with Gasteiger partial charge in [0.05, 0.1) is 23.1 Å². The molecule has 0 spiro atoms. The standard InChI is InChI=1S/C22H18BrNO4/c23-15-8-6-12(7-9-15)22(27)28-17-3-1-2-16(11-17)24-20(25)18-13-4-5-14(10-13)19(18)21(24)26/h1-3,6-9,11,13-14,18-19H,4-5,10H2. The molecule has 2 bridgehead atoms. The van der Waals surface area contributed by atoms with Crippen LogP contribution in [0.1, 0.15) is 29.6 Å². The van der Waals surface area contributed by atoms with Crippen molar-refractivity contribution in [3.05, 3.63) is 58.6 Å². The van der Waals surface area contributed by atoms with E-state index in [9.17, 15) is 14.4 Å². The molecule has 4 atom stereocenters. The van der Waals surface area contributed by atoms with Crippen LogP contribution in [-0.4, -0.2) is 17.8 Å². The highest BCUT2D eigenvalue weighted by atomic mass is 79.9. The number of hydrogen-bond donors (Lipinski definition) is 0. The molecule has 3 fully saturated rings. The summed E-state index contributed by atoms with van der Waals surface area (Å²) in [5, 5.41) is 0. The minimum absolute atomic E-state index is 0.0985. The van der Waals surface area contributed by atoms with Crippen LogP contribution in [0.25, 0.3) is 0 Å². The Labute approximate surface area is 170 Å². The molecular formula is C22H18BrNO4. The molecule has 4 unspecified atom stereocenters. The SMILES string of the molecule is O=C(Oc1cccc(N2C(=O)C3C4CCC(C4)C3C2=O)c1)c1ccc(Br)cc1. The molecule has 5 rings (SSSR count). The second kappa shape index (κ2) is 6.55. The van der Waals surface area contributed by atoms with Gasteiger partial charge in [-0.25, -0.2) is 9.69 Å². The van der Waals surface area contributed by atoms with Crippen LogP contribution >= 0.6 is 15.9 Å². The Morgan fingerprint density at radius 3 is 2.25 bits per heavy atom. The zero-order valence-corrected chi connectivity index (χ0v) is 16.6. The van der Waals surface area contributed by atoms with E-state index < -0.39 is 5.97 Å². The highest BCUT2D eigenvalue weighted by Crippen LogP contribution is 2.56. The molecule has 6 heteroatoms. The average molecular weight is 440 g/mol. The second-order valence-corrected chi connectivity index (χ2v) is 8.71. The van der Waals surface area contributed by atoms with Crippen molar-refractivity contribution < 1.29 is 19.1 Å². The van der Waals surface area contributed by atoms with Crippen molar-refractivity contribution in [2.75, 3.05) is 4.90 Å². The molecule has 2 aliphatic carbocycles. The van der Waals surface area contributed by atoms with Gasteiger partial charge in [0.1, 0.15) is 5.75 Å². The molecule has 1 heterocycles. The maximum absolute atomic E-state index is 13.0. The van der Waals surface area contributed by atoms with Crippen LogP contribution in [0.4, 0.5) is 5.69 Å². The zero-order chi connectivity index (χ0) is 19.4. The number of ether oxygens (including phenoxy) is 1. The number of hydrogen-bond acceptors (Lipinski definition) is 4. The first-order chi connectivity index (χ1) is 13.5. The number of benzene rings is 2. The number of rotatable bonds is 3. The second-order valence-electron chi connectivity index (χ2n) is 7.79. The van der Waals surface area contributed by atoms with Crippen LogP contribution in [0.2, 0.25) is 0 Å². The van der Waals surface area contributed by atoms with E-state index in [0.717, 1.165) is 23.7 Å². The Kier molecular flexibility index (Phi) is 4.12. The summed E-state index contributed by atoms with van der Waals surface area (Å²) >= 11 is 3.33. The highest BCUT2D eigenvalue weighted by Gasteiger charge is 2.61. The topological polar surface area (TPSA) is 63.7 Å². The van der Waals surface area contributed by atoms with Gasteiger partial charge in [0.2, 0.25) is 11.8 Å². The quantitative estimate of drug-likeness (QED) is 0.408. The Bertz CT molecular complexity index is 958. The van der Waals surface area contributed by atoms with Crippen LogP contribution in [0, 0.1) is 23.7 Å². The fourth-order valence-electron chi connectivity index (χ4n) is 5.10. The van der Waals surface area contributed by atoms with Crippen LogP contribution in [0.5, 0.6) is 5.75 Å². The van der Waals surface area contributed by atoms with Crippen LogP contribution in [0.3, 0.4) is 0 Å². The normalized spacial score (nSPS) is 28.0. The Morgan fingerprint density at radius 2 is 1.61 bits per heavy atom. The average Bonchev–Trinajstić information content (AvgIpc) is 3.36. The zero-order valence-electron chi connectivity index (χ0n) is 15.0. The molecule has 0 N–H and O–H groups in total. The van der Waals surface area contributed by atoms with E-state index in [1.54, 1.807) is 48.5 Å². The van der Waals surface area contributed by atoms with Crippen molar-refractivity contribution in [3.8, 4) is 5.75 Å². The van der Waals surface area contributed by atoms with Crippen molar-refractivity contribution in [1.29, 1.82) is 0 Å². The molecule has 2 aromatic rings. The molecule has 28 heavy (non-hydrogen) atoms. The maximum Gasteiger partial charge on any atom is 0.343 e. The molecule has 5 nitrogen and oxygen atoms in total. The monoisotopic (exact) mass is 439 g/mol. The third-order valence-corrected chi connectivity index (χ3v) is 6.82. The summed E-state index contributed by atoms with van der Waals surface area (Å²) in [6.07, 6.45) is 3.10. The lowest BCUT2D eigenvalue weighted by Gasteiger charge is -2.19. The van der Waals surface area contributed by atoms with Gasteiger partial charge in [0.25, 0.3) is 0 Å². The van der Waals surface area contributed by atoms with Gasteiger partial charge >= 0.3 is 5.97 Å². The highest BCUT2D eigenvalue weighted by molar-refractivity contribution is 9.10. The van der Waals surface area contributed by atoms with E-state index in [-0.39, 0.29) is 23.7 Å². The van der Waals surface area contributed by atoms with Crippen molar-refractivity contribution in [2.24, 2.45) is 23.7 Å². The first kappa shape index (κ1) is 17.6. The number of anilines is 1. The van der Waals surface area contributed by atoms with Crippen molar-refractivity contribution in [2.45, 2.75) is 19.3 Å². The number of nitrogens with zero attached hydrogens (tertiary/aromatic N) is 1. The van der Waals surface area contributed by atoms with Gasteiger partial charge in [-0.05, 0) is 67.5 Å². The molecular weight excluding hydrogens is 422 g/mol. The summed E-state index contributed by atoms with van der Waals surface area (Å²) in [6, 6.07) is 13.5. The molecule has 2 aromatic carbocycles. The summed E-state index contributed by atoms with van der Waals surface area (Å²) in [7, 11) is 0. The van der Waals surface area contributed by atoms with E-state index in [0.29, 0.717) is 28.8 Å². The van der Waals surface area contributed by atoms with Crippen LogP contribution < -0.4 is 9.64 Å².